The van der Waals surface area contributed by atoms with E-state index in [2.05, 4.69) is 33.1 Å². The van der Waals surface area contributed by atoms with Crippen LogP contribution in [0.5, 0.6) is 0 Å². The number of hydrogen-bond donors (Lipinski definition) is 1. The van der Waals surface area contributed by atoms with Gasteiger partial charge < -0.3 is 10.2 Å². The van der Waals surface area contributed by atoms with Gasteiger partial charge in [0.1, 0.15) is 0 Å². The molecule has 2 nitrogen and oxygen atoms in total. The maximum absolute atomic E-state index is 5.44. The Bertz CT molecular complexity index is 400. The van der Waals surface area contributed by atoms with Crippen molar-refractivity contribution in [2.75, 3.05) is 18.4 Å². The van der Waals surface area contributed by atoms with Crippen LogP contribution in [0, 0.1) is 5.92 Å². The lowest BCUT2D eigenvalue weighted by Crippen LogP contribution is -2.40. The Morgan fingerprint density at radius 1 is 1.41 bits per heavy atom. The molecule has 0 atom stereocenters. The number of thiocarbonyl (C=S) groups is 1. The molecule has 1 aliphatic rings. The number of nitrogens with one attached hydrogen (secondary N) is 1. The van der Waals surface area contributed by atoms with Gasteiger partial charge in [-0.3, -0.25) is 0 Å². The fourth-order valence-corrected chi connectivity index (χ4v) is 2.68. The number of piperidine rings is 1. The maximum Gasteiger partial charge on any atom is 0.173 e. The van der Waals surface area contributed by atoms with Crippen molar-refractivity contribution in [2.24, 2.45) is 5.92 Å². The van der Waals surface area contributed by atoms with Crippen LogP contribution in [0.25, 0.3) is 0 Å². The van der Waals surface area contributed by atoms with Gasteiger partial charge in [-0.25, -0.2) is 0 Å². The second-order valence-electron chi connectivity index (χ2n) is 4.61. The SMILES string of the molecule is CC1CCN(C(=S)Nc2cccc(Br)c2)CC1. The molecule has 92 valence electrons. The van der Waals surface area contributed by atoms with Gasteiger partial charge in [-0.1, -0.05) is 28.9 Å². The van der Waals surface area contributed by atoms with Crippen LogP contribution in [-0.4, -0.2) is 23.1 Å². The predicted molar refractivity (Wildman–Crippen MR) is 80.3 cm³/mol. The zero-order valence-electron chi connectivity index (χ0n) is 9.95. The minimum absolute atomic E-state index is 0.833. The van der Waals surface area contributed by atoms with Crippen molar-refractivity contribution in [3.8, 4) is 0 Å². The Kier molecular flexibility index (Phi) is 4.40. The highest BCUT2D eigenvalue weighted by molar-refractivity contribution is 9.10. The molecule has 1 aromatic carbocycles. The van der Waals surface area contributed by atoms with Crippen LogP contribution in [0.4, 0.5) is 5.69 Å². The smallest absolute Gasteiger partial charge is 0.173 e. The van der Waals surface area contributed by atoms with E-state index in [1.54, 1.807) is 0 Å². The number of benzene rings is 1. The fourth-order valence-electron chi connectivity index (χ4n) is 1.98. The first-order chi connectivity index (χ1) is 8.15. The summed E-state index contributed by atoms with van der Waals surface area (Å²) in [6.45, 7) is 4.45. The normalized spacial score (nSPS) is 16.9. The summed E-state index contributed by atoms with van der Waals surface area (Å²) in [5.41, 5.74) is 1.04. The molecule has 0 amide bonds. The van der Waals surface area contributed by atoms with Gasteiger partial charge in [-0.2, -0.15) is 0 Å². The largest absolute Gasteiger partial charge is 0.349 e. The number of hydrogen-bond acceptors (Lipinski definition) is 1. The number of anilines is 1. The maximum atomic E-state index is 5.44. The standard InChI is InChI=1S/C13H17BrN2S/c1-10-5-7-16(8-6-10)13(17)15-12-4-2-3-11(14)9-12/h2-4,9-10H,5-8H2,1H3,(H,15,17). The minimum atomic E-state index is 0.833. The van der Waals surface area contributed by atoms with Crippen LogP contribution < -0.4 is 5.32 Å². The first-order valence-corrected chi connectivity index (χ1v) is 7.17. The van der Waals surface area contributed by atoms with Crippen LogP contribution in [0.15, 0.2) is 28.7 Å². The summed E-state index contributed by atoms with van der Waals surface area (Å²) >= 11 is 8.90. The fraction of sp³-hybridized carbons (Fsp3) is 0.462. The number of likely N-dealkylation sites (tertiary alicyclic amines) is 1. The zero-order valence-corrected chi connectivity index (χ0v) is 12.4. The summed E-state index contributed by atoms with van der Waals surface area (Å²) in [7, 11) is 0. The molecule has 0 radical (unpaired) electrons. The molecule has 2 rings (SSSR count). The quantitative estimate of drug-likeness (QED) is 0.792. The lowest BCUT2D eigenvalue weighted by molar-refractivity contribution is 0.283. The van der Waals surface area contributed by atoms with E-state index in [9.17, 15) is 0 Å². The molecular weight excluding hydrogens is 296 g/mol. The van der Waals surface area contributed by atoms with Crippen LogP contribution in [0.2, 0.25) is 0 Å². The third-order valence-electron chi connectivity index (χ3n) is 3.15. The van der Waals surface area contributed by atoms with E-state index in [0.717, 1.165) is 34.3 Å². The number of halogens is 1. The van der Waals surface area contributed by atoms with Crippen LogP contribution in [0.3, 0.4) is 0 Å². The molecule has 1 saturated heterocycles. The summed E-state index contributed by atoms with van der Waals surface area (Å²) in [6.07, 6.45) is 2.47. The monoisotopic (exact) mass is 312 g/mol. The van der Waals surface area contributed by atoms with E-state index in [1.807, 2.05) is 24.3 Å². The molecular formula is C13H17BrN2S. The Labute approximate surface area is 117 Å². The third-order valence-corrected chi connectivity index (χ3v) is 4.00. The van der Waals surface area contributed by atoms with E-state index in [4.69, 9.17) is 12.2 Å². The molecule has 1 heterocycles. The Balaban J connectivity index is 1.93. The van der Waals surface area contributed by atoms with Gasteiger partial charge in [-0.05, 0) is 49.2 Å². The molecule has 1 aromatic rings. The molecule has 1 N–H and O–H groups in total. The molecule has 0 saturated carbocycles. The first kappa shape index (κ1) is 12.8. The second kappa shape index (κ2) is 5.83. The van der Waals surface area contributed by atoms with Gasteiger partial charge in [0.05, 0.1) is 0 Å². The average molecular weight is 313 g/mol. The summed E-state index contributed by atoms with van der Waals surface area (Å²) < 4.78 is 1.07. The minimum Gasteiger partial charge on any atom is -0.349 e. The molecule has 0 bridgehead atoms. The van der Waals surface area contributed by atoms with E-state index < -0.39 is 0 Å². The first-order valence-electron chi connectivity index (χ1n) is 5.96. The van der Waals surface area contributed by atoms with Gasteiger partial charge >= 0.3 is 0 Å². The zero-order chi connectivity index (χ0) is 12.3. The summed E-state index contributed by atoms with van der Waals surface area (Å²) in [5.74, 6) is 0.833. The van der Waals surface area contributed by atoms with Crippen molar-refractivity contribution < 1.29 is 0 Å². The summed E-state index contributed by atoms with van der Waals surface area (Å²) in [5, 5.41) is 4.14. The van der Waals surface area contributed by atoms with Gasteiger partial charge in [0.2, 0.25) is 0 Å². The van der Waals surface area contributed by atoms with Crippen LogP contribution in [0.1, 0.15) is 19.8 Å². The summed E-state index contributed by atoms with van der Waals surface area (Å²) in [4.78, 5) is 2.26. The topological polar surface area (TPSA) is 15.3 Å². The Morgan fingerprint density at radius 2 is 2.12 bits per heavy atom. The average Bonchev–Trinajstić information content (AvgIpc) is 2.29. The Hall–Kier alpha value is -0.610. The molecule has 0 aliphatic carbocycles. The molecule has 0 spiro atoms. The number of nitrogens with zero attached hydrogens (tertiary/aromatic N) is 1. The van der Waals surface area contributed by atoms with E-state index in [1.165, 1.54) is 12.8 Å². The van der Waals surface area contributed by atoms with Crippen molar-refractivity contribution in [2.45, 2.75) is 19.8 Å². The van der Waals surface area contributed by atoms with Gasteiger partial charge in [0, 0.05) is 23.2 Å². The third kappa shape index (κ3) is 3.68. The summed E-state index contributed by atoms with van der Waals surface area (Å²) in [6, 6.07) is 8.09. The Morgan fingerprint density at radius 3 is 2.76 bits per heavy atom. The highest BCUT2D eigenvalue weighted by atomic mass is 79.9. The van der Waals surface area contributed by atoms with E-state index >= 15 is 0 Å². The number of rotatable bonds is 1. The predicted octanol–water partition coefficient (Wildman–Crippen LogP) is 3.88. The van der Waals surface area contributed by atoms with Crippen molar-refractivity contribution in [3.63, 3.8) is 0 Å². The van der Waals surface area contributed by atoms with Crippen LogP contribution >= 0.6 is 28.1 Å². The molecule has 1 fully saturated rings. The second-order valence-corrected chi connectivity index (χ2v) is 5.91. The lowest BCUT2D eigenvalue weighted by Gasteiger charge is -2.32. The van der Waals surface area contributed by atoms with Gasteiger partial charge in [0.15, 0.2) is 5.11 Å². The van der Waals surface area contributed by atoms with Crippen LogP contribution in [-0.2, 0) is 0 Å². The molecule has 1 aliphatic heterocycles. The van der Waals surface area contributed by atoms with Crippen molar-refractivity contribution in [1.29, 1.82) is 0 Å². The lowest BCUT2D eigenvalue weighted by atomic mass is 10.00. The van der Waals surface area contributed by atoms with Crippen molar-refractivity contribution in [3.05, 3.63) is 28.7 Å². The highest BCUT2D eigenvalue weighted by Gasteiger charge is 2.17. The van der Waals surface area contributed by atoms with E-state index in [0.29, 0.717) is 0 Å². The van der Waals surface area contributed by atoms with Gasteiger partial charge in [-0.15, -0.1) is 0 Å². The van der Waals surface area contributed by atoms with Gasteiger partial charge in [0.25, 0.3) is 0 Å². The highest BCUT2D eigenvalue weighted by Crippen LogP contribution is 2.19. The molecule has 4 heteroatoms. The molecule has 17 heavy (non-hydrogen) atoms. The molecule has 0 unspecified atom stereocenters. The molecule has 0 aromatic heterocycles. The van der Waals surface area contributed by atoms with E-state index in [-0.39, 0.29) is 0 Å². The van der Waals surface area contributed by atoms with Crippen molar-refractivity contribution >= 4 is 38.9 Å². The van der Waals surface area contributed by atoms with Crippen molar-refractivity contribution in [1.82, 2.24) is 4.90 Å².